The van der Waals surface area contributed by atoms with Crippen LogP contribution in [0, 0.1) is 51.2 Å². The molecule has 6 heterocycles. The number of carbonyl (C=O) groups is 2. The largest absolute Gasteiger partial charge is 0.289 e. The van der Waals surface area contributed by atoms with Gasteiger partial charge >= 0.3 is 0 Å². The molecule has 4 aliphatic carbocycles. The summed E-state index contributed by atoms with van der Waals surface area (Å²) in [5.41, 5.74) is 17.8. The van der Waals surface area contributed by atoms with Gasteiger partial charge in [-0.15, -0.1) is 68.0 Å². The number of unbranched alkanes of at least 4 members (excludes halogenated alkanes) is 20. The Morgan fingerprint density at radius 1 is 0.373 bits per heavy atom. The fourth-order valence-corrected chi connectivity index (χ4v) is 27.1. The Labute approximate surface area is 722 Å². The van der Waals surface area contributed by atoms with Crippen molar-refractivity contribution < 1.29 is 9.59 Å². The number of nitriles is 4. The quantitative estimate of drug-likeness (QED) is 0.0217. The van der Waals surface area contributed by atoms with Gasteiger partial charge in [-0.1, -0.05) is 302 Å². The zero-order chi connectivity index (χ0) is 81.3. The lowest BCUT2D eigenvalue weighted by Crippen LogP contribution is -2.29. The predicted molar refractivity (Wildman–Crippen MR) is 498 cm³/mol. The van der Waals surface area contributed by atoms with Gasteiger partial charge in [0, 0.05) is 74.2 Å². The second-order valence-corrected chi connectivity index (χ2v) is 39.3. The van der Waals surface area contributed by atoms with Gasteiger partial charge in [-0.05, 0) is 167 Å². The molecule has 6 nitrogen and oxygen atoms in total. The van der Waals surface area contributed by atoms with E-state index in [1.807, 2.05) is 100.0 Å². The van der Waals surface area contributed by atoms with Gasteiger partial charge < -0.3 is 0 Å². The van der Waals surface area contributed by atoms with Crippen LogP contribution in [0.5, 0.6) is 0 Å². The van der Waals surface area contributed by atoms with Gasteiger partial charge in [0.1, 0.15) is 23.6 Å². The predicted octanol–water partition coefficient (Wildman–Crippen LogP) is 31.0. The average molecular weight is 1660 g/mol. The van der Waals surface area contributed by atoms with Crippen molar-refractivity contribution in [2.75, 3.05) is 0 Å². The van der Waals surface area contributed by atoms with Gasteiger partial charge in [-0.2, -0.15) is 21.0 Å². The highest BCUT2D eigenvalue weighted by Crippen LogP contribution is 2.71. The van der Waals surface area contributed by atoms with Gasteiger partial charge in [0.25, 0.3) is 0 Å². The number of Topliss-reactive ketones (excluding diaryl/α,β-unsaturated/α-hetero) is 2. The first-order chi connectivity index (χ1) is 58.0. The van der Waals surface area contributed by atoms with Gasteiger partial charge in [0.15, 0.2) is 11.6 Å². The molecule has 4 aliphatic rings. The second kappa shape index (κ2) is 37.3. The number of allylic oxidation sites excluding steroid dienone is 4. The van der Waals surface area contributed by atoms with E-state index in [-0.39, 0.29) is 17.1 Å². The number of carbonyl (C=O) groups excluding carboxylic acids is 2. The number of benzene rings is 6. The standard InChI is InChI=1S/C106H102N4O2S6/c1-5-9-13-17-21-25-33-69-41-49-75(50-42-69)105(76-51-43-70(44-52-76)34-26-22-18-14-10-6-2)87-63-91(89-59-57-79(113-89)61-85-93(73(65-107)66-108)81-37-29-31-39-83(81)97(85)111)115-99(87)101-95(105)103-104(117-101)96-102(118-103)100-88(64-92(116-100)90-60-58-80(114-90)62-86-94(74(67-109)68-110)82-38-30-32-40-84(82)98(86)112)106(96,77-53-45-71(46-54-77)35-27-23-19-15-11-7-3)78-55-47-72(48-56-78)36-28-24-20-16-12-8-4/h29-32,37-64,73,93H,5-28,33-36H2,1-4H3/b85-61-,86-62-. The van der Waals surface area contributed by atoms with E-state index in [0.29, 0.717) is 33.4 Å². The lowest BCUT2D eigenvalue weighted by atomic mass is 9.67. The van der Waals surface area contributed by atoms with E-state index in [1.165, 1.54) is 224 Å². The maximum absolute atomic E-state index is 14.5. The van der Waals surface area contributed by atoms with E-state index in [1.54, 1.807) is 28.7 Å². The van der Waals surface area contributed by atoms with Crippen LogP contribution in [0.3, 0.4) is 0 Å². The molecule has 0 spiro atoms. The summed E-state index contributed by atoms with van der Waals surface area (Å²) in [7, 11) is 0. The monoisotopic (exact) mass is 1650 g/mol. The van der Waals surface area contributed by atoms with Crippen LogP contribution in [0.2, 0.25) is 0 Å². The van der Waals surface area contributed by atoms with Crippen LogP contribution in [0.25, 0.3) is 66.1 Å². The summed E-state index contributed by atoms with van der Waals surface area (Å²) in [6.45, 7) is 9.16. The number of thiophene rings is 6. The summed E-state index contributed by atoms with van der Waals surface area (Å²) in [5, 5.41) is 41.5. The lowest BCUT2D eigenvalue weighted by Gasteiger charge is -2.34. The van der Waals surface area contributed by atoms with Crippen molar-refractivity contribution in [2.24, 2.45) is 5.92 Å². The highest BCUT2D eigenvalue weighted by atomic mass is 32.1. The van der Waals surface area contributed by atoms with Crippen molar-refractivity contribution in [3.63, 3.8) is 0 Å². The fraction of sp³-hybridized carbons (Fsp3) is 0.340. The minimum absolute atomic E-state index is 0.0700. The molecule has 16 rings (SSSR count). The number of hydrogen-bond donors (Lipinski definition) is 0. The molecule has 1 atom stereocenters. The first kappa shape index (κ1) is 82.0. The van der Waals surface area contributed by atoms with Crippen LogP contribution in [-0.2, 0) is 36.5 Å². The number of rotatable bonds is 37. The maximum Gasteiger partial charge on any atom is 0.194 e. The van der Waals surface area contributed by atoms with Crippen LogP contribution >= 0.6 is 68.0 Å². The molecule has 0 fully saturated rings. The lowest BCUT2D eigenvalue weighted by molar-refractivity contribution is 0.103. The smallest absolute Gasteiger partial charge is 0.194 e. The van der Waals surface area contributed by atoms with Gasteiger partial charge in [0.05, 0.1) is 51.9 Å². The third kappa shape index (κ3) is 15.7. The van der Waals surface area contributed by atoms with E-state index in [9.17, 15) is 30.6 Å². The molecule has 0 amide bonds. The summed E-state index contributed by atoms with van der Waals surface area (Å²) in [5.74, 6) is -1.98. The Kier molecular flexibility index (Phi) is 25.9. The van der Waals surface area contributed by atoms with Crippen LogP contribution in [0.4, 0.5) is 0 Å². The average Bonchev–Trinajstić information content (AvgIpc) is 1.48. The van der Waals surface area contributed by atoms with Crippen molar-refractivity contribution in [3.05, 3.63) is 297 Å². The normalized spacial score (nSPS) is 15.2. The molecule has 594 valence electrons. The van der Waals surface area contributed by atoms with Crippen LogP contribution in [0.1, 0.15) is 296 Å². The molecule has 0 radical (unpaired) electrons. The van der Waals surface area contributed by atoms with Crippen LogP contribution in [0.15, 0.2) is 199 Å². The Morgan fingerprint density at radius 3 is 1.13 bits per heavy atom. The molecule has 6 aromatic heterocycles. The molecule has 0 saturated heterocycles. The summed E-state index contributed by atoms with van der Waals surface area (Å²) in [6, 6.07) is 76.5. The topological polar surface area (TPSA) is 129 Å². The van der Waals surface area contributed by atoms with E-state index >= 15 is 0 Å². The molecular weight excluding hydrogens is 1550 g/mol. The van der Waals surface area contributed by atoms with Crippen LogP contribution < -0.4 is 0 Å². The summed E-state index contributed by atoms with van der Waals surface area (Å²) in [4.78, 5) is 40.3. The minimum atomic E-state index is -1.02. The highest BCUT2D eigenvalue weighted by molar-refractivity contribution is 7.35. The van der Waals surface area contributed by atoms with Gasteiger partial charge in [0.2, 0.25) is 0 Å². The van der Waals surface area contributed by atoms with Crippen molar-refractivity contribution in [1.82, 2.24) is 0 Å². The number of aryl methyl sites for hydroxylation is 4. The Morgan fingerprint density at radius 2 is 0.737 bits per heavy atom. The molecule has 0 saturated carbocycles. The summed E-state index contributed by atoms with van der Waals surface area (Å²) < 4.78 is 2.65. The number of fused-ring (bicyclic) bond motifs is 11. The molecule has 0 N–H and O–H groups in total. The minimum Gasteiger partial charge on any atom is -0.289 e. The van der Waals surface area contributed by atoms with Crippen LogP contribution in [-0.4, -0.2) is 11.6 Å². The van der Waals surface area contributed by atoms with E-state index < -0.39 is 22.7 Å². The SMILES string of the molecule is CCCCCCCCc1ccc(C2(c3ccc(CCCCCCCC)cc3)c3cc(-c4ccc(/C=C5\C(=O)c6ccccc6C5=C(C#N)C#N)s4)sc3-c3sc4c5c(sc4c32)-c2sc(-c3ccc(/C=C4\C(=O)c6ccccc6C4C(C#N)C#N)s3)cc2C5(c2ccc(CCCCCCCC)cc2)c2ccc(CCCCCCCC)cc2)cc1. The third-order valence-electron chi connectivity index (χ3n) is 25.3. The molecule has 1 unspecified atom stereocenters. The maximum atomic E-state index is 14.5. The molecule has 118 heavy (non-hydrogen) atoms. The number of ketones is 2. The molecular formula is C106H102N4O2S6. The Bertz CT molecular complexity index is 5800. The van der Waals surface area contributed by atoms with E-state index in [0.717, 1.165) is 86.2 Å². The first-order valence-corrected chi connectivity index (χ1v) is 48.5. The summed E-state index contributed by atoms with van der Waals surface area (Å²) in [6.07, 6.45) is 37.8. The van der Waals surface area contributed by atoms with Crippen molar-refractivity contribution in [3.8, 4) is 63.3 Å². The molecule has 12 aromatic rings. The number of nitrogens with zero attached hydrogens (tertiary/aromatic N) is 4. The number of hydrogen-bond acceptors (Lipinski definition) is 12. The van der Waals surface area contributed by atoms with Crippen molar-refractivity contribution in [1.29, 1.82) is 21.0 Å². The fourth-order valence-electron chi connectivity index (χ4n) is 19.2. The van der Waals surface area contributed by atoms with E-state index in [4.69, 9.17) is 0 Å². The molecule has 0 bridgehead atoms. The van der Waals surface area contributed by atoms with E-state index in [2.05, 4.69) is 185 Å². The zero-order valence-corrected chi connectivity index (χ0v) is 73.4. The van der Waals surface area contributed by atoms with Gasteiger partial charge in [-0.25, -0.2) is 0 Å². The van der Waals surface area contributed by atoms with Gasteiger partial charge in [-0.3, -0.25) is 9.59 Å². The molecule has 0 aliphatic heterocycles. The Hall–Kier alpha value is -9.70. The molecule has 6 aromatic carbocycles. The Balaban J connectivity index is 0.908. The third-order valence-corrected chi connectivity index (χ3v) is 32.9. The van der Waals surface area contributed by atoms with Crippen molar-refractivity contribution >= 4 is 107 Å². The zero-order valence-electron chi connectivity index (χ0n) is 68.5. The first-order valence-electron chi connectivity index (χ1n) is 43.6. The second-order valence-electron chi connectivity index (χ2n) is 32.9. The highest BCUT2D eigenvalue weighted by Gasteiger charge is 2.56. The summed E-state index contributed by atoms with van der Waals surface area (Å²) >= 11 is 11.1. The van der Waals surface area contributed by atoms with Crippen molar-refractivity contribution in [2.45, 2.75) is 224 Å². The molecule has 12 heteroatoms.